The van der Waals surface area contributed by atoms with Crippen LogP contribution in [-0.4, -0.2) is 50.4 Å². The Bertz CT molecular complexity index is 1440. The Hall–Kier alpha value is -3.27. The van der Waals surface area contributed by atoms with E-state index >= 15 is 0 Å². The quantitative estimate of drug-likeness (QED) is 0.287. The van der Waals surface area contributed by atoms with Crippen molar-refractivity contribution in [3.05, 3.63) is 88.4 Å². The molecule has 8 nitrogen and oxygen atoms in total. The molecule has 0 saturated heterocycles. The molecule has 0 aliphatic rings. The maximum atomic E-state index is 14.1. The van der Waals surface area contributed by atoms with E-state index in [9.17, 15) is 18.0 Å². The molecule has 0 saturated carbocycles. The Morgan fingerprint density at radius 3 is 2.05 bits per heavy atom. The highest BCUT2D eigenvalue weighted by molar-refractivity contribution is 7.92. The van der Waals surface area contributed by atoms with Crippen LogP contribution in [0.15, 0.2) is 77.7 Å². The smallest absolute Gasteiger partial charge is 0.264 e. The molecular weight excluding hydrogens is 585 g/mol. The minimum Gasteiger partial charge on any atom is -0.497 e. The second kappa shape index (κ2) is 13.6. The number of nitrogens with zero attached hydrogens (tertiary/aromatic N) is 2. The van der Waals surface area contributed by atoms with Crippen LogP contribution in [0, 0.1) is 0 Å². The normalized spacial score (nSPS) is 12.4. The molecule has 2 amide bonds. The van der Waals surface area contributed by atoms with E-state index in [1.165, 1.54) is 35.2 Å². The molecule has 1 N–H and O–H groups in total. The summed E-state index contributed by atoms with van der Waals surface area (Å²) in [5, 5.41) is 3.36. The van der Waals surface area contributed by atoms with Gasteiger partial charge in [0.05, 0.1) is 17.7 Å². The van der Waals surface area contributed by atoms with Crippen molar-refractivity contribution in [3.8, 4) is 5.75 Å². The number of ether oxygens (including phenoxy) is 1. The highest BCUT2D eigenvalue weighted by Crippen LogP contribution is 2.30. The fraction of sp³-hybridized carbons (Fsp3) is 0.333. The lowest BCUT2D eigenvalue weighted by Gasteiger charge is -2.34. The number of benzene rings is 3. The molecule has 0 bridgehead atoms. The Kier molecular flexibility index (Phi) is 10.7. The standard InChI is InChI=1S/C30H35Cl2N3O5S/c1-6-27(29(37)33-30(2,3)4)34(19-21-12-14-25(40-5)15-13-21)28(36)20-35(24-17-22(31)16-23(32)18-24)41(38,39)26-10-8-7-9-11-26/h7-18,27H,6,19-20H2,1-5H3,(H,33,37)/t27-/m1/s1. The van der Waals surface area contributed by atoms with Crippen LogP contribution in [0.1, 0.15) is 39.7 Å². The second-order valence-electron chi connectivity index (χ2n) is 10.5. The van der Waals surface area contributed by atoms with Gasteiger partial charge < -0.3 is 15.0 Å². The number of nitrogens with one attached hydrogen (secondary N) is 1. The first-order valence-corrected chi connectivity index (χ1v) is 15.2. The highest BCUT2D eigenvalue weighted by Gasteiger charge is 2.34. The summed E-state index contributed by atoms with van der Waals surface area (Å²) < 4.78 is 34.0. The molecule has 0 aromatic heterocycles. The van der Waals surface area contributed by atoms with Crippen LogP contribution in [0.4, 0.5) is 5.69 Å². The molecule has 3 aromatic rings. The number of sulfonamides is 1. The molecule has 220 valence electrons. The summed E-state index contributed by atoms with van der Waals surface area (Å²) in [7, 11) is -2.67. The van der Waals surface area contributed by atoms with Crippen LogP contribution in [-0.2, 0) is 26.2 Å². The molecule has 0 spiro atoms. The zero-order valence-corrected chi connectivity index (χ0v) is 26.1. The maximum absolute atomic E-state index is 14.1. The van der Waals surface area contributed by atoms with Crippen molar-refractivity contribution in [1.29, 1.82) is 0 Å². The average molecular weight is 621 g/mol. The van der Waals surface area contributed by atoms with Gasteiger partial charge in [0.2, 0.25) is 11.8 Å². The molecule has 41 heavy (non-hydrogen) atoms. The van der Waals surface area contributed by atoms with Crippen molar-refractivity contribution in [3.63, 3.8) is 0 Å². The van der Waals surface area contributed by atoms with E-state index in [1.54, 1.807) is 56.5 Å². The summed E-state index contributed by atoms with van der Waals surface area (Å²) >= 11 is 12.5. The minimum atomic E-state index is -4.23. The molecule has 0 radical (unpaired) electrons. The Balaban J connectivity index is 2.09. The van der Waals surface area contributed by atoms with Gasteiger partial charge in [0, 0.05) is 22.1 Å². The number of amides is 2. The van der Waals surface area contributed by atoms with Crippen LogP contribution in [0.2, 0.25) is 10.0 Å². The van der Waals surface area contributed by atoms with Gasteiger partial charge >= 0.3 is 0 Å². The lowest BCUT2D eigenvalue weighted by Crippen LogP contribution is -2.55. The van der Waals surface area contributed by atoms with Gasteiger partial charge in [-0.05, 0) is 75.2 Å². The SMILES string of the molecule is CC[C@H](C(=O)NC(C)(C)C)N(Cc1ccc(OC)cc1)C(=O)CN(c1cc(Cl)cc(Cl)c1)S(=O)(=O)c1ccccc1. The van der Waals surface area contributed by atoms with Gasteiger partial charge in [-0.2, -0.15) is 0 Å². The number of anilines is 1. The summed E-state index contributed by atoms with van der Waals surface area (Å²) in [6, 6.07) is 18.3. The van der Waals surface area contributed by atoms with E-state index in [1.807, 2.05) is 20.8 Å². The largest absolute Gasteiger partial charge is 0.497 e. The summed E-state index contributed by atoms with van der Waals surface area (Å²) in [5.41, 5.74) is 0.320. The lowest BCUT2D eigenvalue weighted by molar-refractivity contribution is -0.141. The first-order chi connectivity index (χ1) is 19.2. The molecule has 0 unspecified atom stereocenters. The van der Waals surface area contributed by atoms with E-state index < -0.39 is 34.1 Å². The number of rotatable bonds is 11. The first-order valence-electron chi connectivity index (χ1n) is 13.0. The third-order valence-corrected chi connectivity index (χ3v) is 8.37. The van der Waals surface area contributed by atoms with Gasteiger partial charge in [-0.25, -0.2) is 8.42 Å². The molecule has 1 atom stereocenters. The zero-order valence-electron chi connectivity index (χ0n) is 23.7. The van der Waals surface area contributed by atoms with Crippen LogP contribution in [0.3, 0.4) is 0 Å². The fourth-order valence-corrected chi connectivity index (χ4v) is 6.17. The molecule has 0 heterocycles. The molecule has 3 aromatic carbocycles. The van der Waals surface area contributed by atoms with Gasteiger partial charge in [-0.3, -0.25) is 13.9 Å². The number of halogens is 2. The minimum absolute atomic E-state index is 0.0110. The maximum Gasteiger partial charge on any atom is 0.264 e. The first kappa shape index (κ1) is 32.2. The van der Waals surface area contributed by atoms with Gasteiger partial charge in [0.15, 0.2) is 0 Å². The third kappa shape index (κ3) is 8.61. The van der Waals surface area contributed by atoms with Crippen molar-refractivity contribution in [2.45, 2.75) is 57.1 Å². The molecule has 0 fully saturated rings. The number of hydrogen-bond acceptors (Lipinski definition) is 5. The number of hydrogen-bond donors (Lipinski definition) is 1. The fourth-order valence-electron chi connectivity index (χ4n) is 4.23. The summed E-state index contributed by atoms with van der Waals surface area (Å²) in [6.45, 7) is 6.83. The predicted octanol–water partition coefficient (Wildman–Crippen LogP) is 5.92. The third-order valence-electron chi connectivity index (χ3n) is 6.14. The molecule has 11 heteroatoms. The van der Waals surface area contributed by atoms with Gasteiger partial charge in [0.1, 0.15) is 18.3 Å². The molecule has 0 aliphatic heterocycles. The second-order valence-corrected chi connectivity index (χ2v) is 13.2. The van der Waals surface area contributed by atoms with E-state index in [2.05, 4.69) is 5.32 Å². The van der Waals surface area contributed by atoms with E-state index in [4.69, 9.17) is 27.9 Å². The zero-order chi connectivity index (χ0) is 30.4. The predicted molar refractivity (Wildman–Crippen MR) is 163 cm³/mol. The van der Waals surface area contributed by atoms with Crippen molar-refractivity contribution in [1.82, 2.24) is 10.2 Å². The lowest BCUT2D eigenvalue weighted by atomic mass is 10.1. The van der Waals surface area contributed by atoms with Crippen LogP contribution in [0.5, 0.6) is 5.75 Å². The van der Waals surface area contributed by atoms with Crippen LogP contribution in [0.25, 0.3) is 0 Å². The van der Waals surface area contributed by atoms with E-state index in [0.29, 0.717) is 12.2 Å². The van der Waals surface area contributed by atoms with Crippen LogP contribution < -0.4 is 14.4 Å². The van der Waals surface area contributed by atoms with Gasteiger partial charge in [0.25, 0.3) is 10.0 Å². The Labute approximate surface area is 252 Å². The molecule has 3 rings (SSSR count). The Morgan fingerprint density at radius 2 is 1.54 bits per heavy atom. The number of carbonyl (C=O) groups excluding carboxylic acids is 2. The monoisotopic (exact) mass is 619 g/mol. The molecule has 0 aliphatic carbocycles. The van der Waals surface area contributed by atoms with Crippen LogP contribution >= 0.6 is 23.2 Å². The molecular formula is C30H35Cl2N3O5S. The van der Waals surface area contributed by atoms with Gasteiger partial charge in [-0.15, -0.1) is 0 Å². The van der Waals surface area contributed by atoms with Crippen molar-refractivity contribution < 1.29 is 22.7 Å². The number of methoxy groups -OCH3 is 1. The van der Waals surface area contributed by atoms with Crippen molar-refractivity contribution >= 4 is 50.7 Å². The summed E-state index contributed by atoms with van der Waals surface area (Å²) in [6.07, 6.45) is 0.304. The Morgan fingerprint density at radius 1 is 0.951 bits per heavy atom. The van der Waals surface area contributed by atoms with Gasteiger partial charge in [-0.1, -0.05) is 60.5 Å². The summed E-state index contributed by atoms with van der Waals surface area (Å²) in [5.74, 6) is -0.278. The van der Waals surface area contributed by atoms with E-state index in [0.717, 1.165) is 9.87 Å². The average Bonchev–Trinajstić information content (AvgIpc) is 2.90. The highest BCUT2D eigenvalue weighted by atomic mass is 35.5. The number of carbonyl (C=O) groups is 2. The summed E-state index contributed by atoms with van der Waals surface area (Å²) in [4.78, 5) is 28.9. The van der Waals surface area contributed by atoms with E-state index in [-0.39, 0.29) is 33.1 Å². The van der Waals surface area contributed by atoms with Crippen molar-refractivity contribution in [2.75, 3.05) is 18.0 Å². The topological polar surface area (TPSA) is 96.0 Å². The van der Waals surface area contributed by atoms with Crippen molar-refractivity contribution in [2.24, 2.45) is 0 Å².